The van der Waals surface area contributed by atoms with Gasteiger partial charge in [0.2, 0.25) is 5.89 Å². The predicted octanol–water partition coefficient (Wildman–Crippen LogP) is 5.60. The zero-order valence-corrected chi connectivity index (χ0v) is 13.5. The lowest BCUT2D eigenvalue weighted by Crippen LogP contribution is -1.82. The van der Waals surface area contributed by atoms with Crippen molar-refractivity contribution < 1.29 is 4.42 Å². The highest BCUT2D eigenvalue weighted by Gasteiger charge is 2.04. The Morgan fingerprint density at radius 3 is 2.00 bits per heavy atom. The lowest BCUT2D eigenvalue weighted by Gasteiger charge is -1.92. The highest BCUT2D eigenvalue weighted by atomic mass is 16.3. The Morgan fingerprint density at radius 1 is 0.864 bits per heavy atom. The fourth-order valence-electron chi connectivity index (χ4n) is 2.03. The summed E-state index contributed by atoms with van der Waals surface area (Å²) in [7, 11) is 0. The first-order valence-corrected chi connectivity index (χ1v) is 7.72. The van der Waals surface area contributed by atoms with Crippen molar-refractivity contribution in [3.8, 4) is 11.5 Å². The van der Waals surface area contributed by atoms with Crippen LogP contribution in [0.4, 0.5) is 0 Å². The Bertz CT molecular complexity index is 647. The van der Waals surface area contributed by atoms with Crippen LogP contribution >= 0.6 is 0 Å². The molecule has 0 amide bonds. The largest absolute Gasteiger partial charge is 0.444 e. The van der Waals surface area contributed by atoms with E-state index in [0.717, 1.165) is 24.1 Å². The molecule has 1 heterocycles. The van der Waals surface area contributed by atoms with Crippen LogP contribution in [0.2, 0.25) is 0 Å². The fraction of sp³-hybridized carbons (Fsp3) is 0.250. The van der Waals surface area contributed by atoms with Crippen LogP contribution in [-0.4, -0.2) is 4.98 Å². The molecule has 0 saturated heterocycles. The zero-order valence-electron chi connectivity index (χ0n) is 13.5. The molecule has 114 valence electrons. The first-order valence-electron chi connectivity index (χ1n) is 7.72. The molecular formula is C20H23NO. The highest BCUT2D eigenvalue weighted by molar-refractivity contribution is 5.52. The molecule has 0 bridgehead atoms. The maximum absolute atomic E-state index is 5.39. The van der Waals surface area contributed by atoms with Gasteiger partial charge in [-0.3, -0.25) is 0 Å². The average molecular weight is 293 g/mol. The summed E-state index contributed by atoms with van der Waals surface area (Å²) < 4.78 is 5.39. The molecule has 2 heteroatoms. The summed E-state index contributed by atoms with van der Waals surface area (Å²) >= 11 is 0. The SMILES string of the molecule is CCCc1coc(-c2ccccc2)n1.Cc1ccc(C)cc1. The summed E-state index contributed by atoms with van der Waals surface area (Å²) in [6.45, 7) is 6.33. The van der Waals surface area contributed by atoms with E-state index in [-0.39, 0.29) is 0 Å². The molecule has 0 saturated carbocycles. The van der Waals surface area contributed by atoms with E-state index in [1.54, 1.807) is 6.26 Å². The van der Waals surface area contributed by atoms with Crippen molar-refractivity contribution in [1.82, 2.24) is 4.98 Å². The summed E-state index contributed by atoms with van der Waals surface area (Å²) in [4.78, 5) is 4.40. The molecule has 0 spiro atoms. The third-order valence-corrected chi connectivity index (χ3v) is 3.30. The molecule has 0 atom stereocenters. The van der Waals surface area contributed by atoms with E-state index in [4.69, 9.17) is 4.42 Å². The van der Waals surface area contributed by atoms with E-state index >= 15 is 0 Å². The predicted molar refractivity (Wildman–Crippen MR) is 91.9 cm³/mol. The van der Waals surface area contributed by atoms with Crippen LogP contribution in [0, 0.1) is 13.8 Å². The van der Waals surface area contributed by atoms with Crippen molar-refractivity contribution in [2.45, 2.75) is 33.6 Å². The van der Waals surface area contributed by atoms with E-state index in [9.17, 15) is 0 Å². The van der Waals surface area contributed by atoms with Gasteiger partial charge in [0, 0.05) is 5.56 Å². The minimum Gasteiger partial charge on any atom is -0.444 e. The number of benzene rings is 2. The van der Waals surface area contributed by atoms with Gasteiger partial charge in [0.25, 0.3) is 0 Å². The van der Waals surface area contributed by atoms with E-state index in [0.29, 0.717) is 5.89 Å². The van der Waals surface area contributed by atoms with Gasteiger partial charge in [-0.05, 0) is 32.4 Å². The Labute approximate surface area is 132 Å². The van der Waals surface area contributed by atoms with Gasteiger partial charge in [0.1, 0.15) is 6.26 Å². The smallest absolute Gasteiger partial charge is 0.226 e. The molecule has 3 rings (SSSR count). The Balaban J connectivity index is 0.000000188. The number of nitrogens with zero attached hydrogens (tertiary/aromatic N) is 1. The quantitative estimate of drug-likeness (QED) is 0.628. The Hall–Kier alpha value is -2.35. The van der Waals surface area contributed by atoms with Gasteiger partial charge in [-0.2, -0.15) is 0 Å². The second-order valence-corrected chi connectivity index (χ2v) is 5.41. The fourth-order valence-corrected chi connectivity index (χ4v) is 2.03. The molecule has 22 heavy (non-hydrogen) atoms. The number of oxazole rings is 1. The zero-order chi connectivity index (χ0) is 15.8. The van der Waals surface area contributed by atoms with Gasteiger partial charge in [-0.1, -0.05) is 66.9 Å². The van der Waals surface area contributed by atoms with Gasteiger partial charge >= 0.3 is 0 Å². The molecule has 0 aliphatic carbocycles. The molecule has 3 aromatic rings. The van der Waals surface area contributed by atoms with Gasteiger partial charge in [0.05, 0.1) is 5.69 Å². The van der Waals surface area contributed by atoms with Crippen molar-refractivity contribution in [2.24, 2.45) is 0 Å². The first-order chi connectivity index (χ1) is 10.7. The van der Waals surface area contributed by atoms with Crippen LogP contribution in [0.1, 0.15) is 30.2 Å². The van der Waals surface area contributed by atoms with Crippen LogP contribution in [0.5, 0.6) is 0 Å². The standard InChI is InChI=1S/C12H13NO.C8H10/c1-2-6-11-9-14-12(13-11)10-7-4-3-5-8-10;1-7-3-5-8(2)6-4-7/h3-5,7-9H,2,6H2,1H3;3-6H,1-2H3. The molecule has 1 aromatic heterocycles. The first kappa shape index (κ1) is 16.0. The van der Waals surface area contributed by atoms with Crippen molar-refractivity contribution in [3.05, 3.63) is 77.7 Å². The summed E-state index contributed by atoms with van der Waals surface area (Å²) in [5, 5.41) is 0. The lowest BCUT2D eigenvalue weighted by molar-refractivity contribution is 0.572. The van der Waals surface area contributed by atoms with Crippen molar-refractivity contribution in [3.63, 3.8) is 0 Å². The molecule has 0 fully saturated rings. The molecule has 2 aromatic carbocycles. The van der Waals surface area contributed by atoms with Crippen molar-refractivity contribution in [2.75, 3.05) is 0 Å². The van der Waals surface area contributed by atoms with Crippen LogP contribution in [0.25, 0.3) is 11.5 Å². The van der Waals surface area contributed by atoms with E-state index < -0.39 is 0 Å². The van der Waals surface area contributed by atoms with E-state index in [1.165, 1.54) is 11.1 Å². The molecule has 0 aliphatic heterocycles. The number of hydrogen-bond acceptors (Lipinski definition) is 2. The highest BCUT2D eigenvalue weighted by Crippen LogP contribution is 2.18. The topological polar surface area (TPSA) is 26.0 Å². The third kappa shape index (κ3) is 4.88. The minimum atomic E-state index is 0.717. The number of aromatic nitrogens is 1. The monoisotopic (exact) mass is 293 g/mol. The number of rotatable bonds is 3. The van der Waals surface area contributed by atoms with Gasteiger partial charge < -0.3 is 4.42 Å². The second-order valence-electron chi connectivity index (χ2n) is 5.41. The van der Waals surface area contributed by atoms with Crippen molar-refractivity contribution in [1.29, 1.82) is 0 Å². The normalized spacial score (nSPS) is 9.95. The third-order valence-electron chi connectivity index (χ3n) is 3.30. The average Bonchev–Trinajstić information content (AvgIpc) is 3.01. The van der Waals surface area contributed by atoms with Crippen LogP contribution < -0.4 is 0 Å². The molecule has 2 nitrogen and oxygen atoms in total. The maximum atomic E-state index is 5.39. The summed E-state index contributed by atoms with van der Waals surface area (Å²) in [6, 6.07) is 18.4. The van der Waals surface area contributed by atoms with E-state index in [2.05, 4.69) is 50.0 Å². The molecule has 0 aliphatic rings. The summed E-state index contributed by atoms with van der Waals surface area (Å²) in [5.74, 6) is 0.717. The second kappa shape index (κ2) is 8.18. The van der Waals surface area contributed by atoms with Gasteiger partial charge in [-0.25, -0.2) is 4.98 Å². The van der Waals surface area contributed by atoms with Crippen LogP contribution in [0.15, 0.2) is 65.3 Å². The van der Waals surface area contributed by atoms with Crippen molar-refractivity contribution >= 4 is 0 Å². The van der Waals surface area contributed by atoms with Gasteiger partial charge in [-0.15, -0.1) is 0 Å². The lowest BCUT2D eigenvalue weighted by atomic mass is 10.2. The number of aryl methyl sites for hydroxylation is 3. The van der Waals surface area contributed by atoms with Crippen LogP contribution in [0.3, 0.4) is 0 Å². The minimum absolute atomic E-state index is 0.717. The Kier molecular flexibility index (Phi) is 5.96. The molecule has 0 N–H and O–H groups in total. The molecule has 0 radical (unpaired) electrons. The van der Waals surface area contributed by atoms with Gasteiger partial charge in [0.15, 0.2) is 0 Å². The maximum Gasteiger partial charge on any atom is 0.226 e. The Morgan fingerprint density at radius 2 is 1.45 bits per heavy atom. The molecule has 0 unspecified atom stereocenters. The summed E-state index contributed by atoms with van der Waals surface area (Å²) in [6.07, 6.45) is 3.82. The summed E-state index contributed by atoms with van der Waals surface area (Å²) in [5.41, 5.74) is 4.73. The molecular weight excluding hydrogens is 270 g/mol. The van der Waals surface area contributed by atoms with Crippen LogP contribution in [-0.2, 0) is 6.42 Å². The van der Waals surface area contributed by atoms with E-state index in [1.807, 2.05) is 30.3 Å². The number of hydrogen-bond donors (Lipinski definition) is 0.